The monoisotopic (exact) mass is 526 g/mol. The number of Topliss-reactive ketones (excluding diaryl/α,β-unsaturated/α-hetero) is 1. The normalized spacial score (nSPS) is 16.5. The van der Waals surface area contributed by atoms with E-state index in [1.165, 1.54) is 61.8 Å². The summed E-state index contributed by atoms with van der Waals surface area (Å²) in [6.07, 6.45) is 0.479. The Labute approximate surface area is 215 Å². The number of pyridine rings is 1. The zero-order valence-electron chi connectivity index (χ0n) is 19.6. The highest BCUT2D eigenvalue weighted by molar-refractivity contribution is 6.31. The molecule has 1 fully saturated rings. The number of nitriles is 1. The van der Waals surface area contributed by atoms with Gasteiger partial charge in [-0.25, -0.2) is 13.6 Å². The number of rotatable bonds is 9. The fourth-order valence-corrected chi connectivity index (χ4v) is 4.43. The number of aromatic carboxylic acids is 1. The zero-order valence-corrected chi connectivity index (χ0v) is 20.3. The van der Waals surface area contributed by atoms with Crippen molar-refractivity contribution in [1.29, 1.82) is 5.26 Å². The molecule has 0 spiro atoms. The predicted molar refractivity (Wildman–Crippen MR) is 131 cm³/mol. The number of carbonyl (C=O) groups is 2. The standard InChI is InChI=1S/C27H21ClF2N2O5/c1-37-24-14-32(25(34)11-21(24)20-10-19(28)7-6-17(20)13-31)22(9-18-12-27(18,29)30)23(33)8-15-2-4-16(5-3-15)26(35)36/h2-7,10-11,14,18,22H,8-9,12H2,1H3,(H,35,36). The molecule has 2 unspecified atom stereocenters. The molecular formula is C27H21ClF2N2O5. The van der Waals surface area contributed by atoms with Crippen LogP contribution >= 0.6 is 11.6 Å². The van der Waals surface area contributed by atoms with E-state index in [2.05, 4.69) is 0 Å². The van der Waals surface area contributed by atoms with E-state index < -0.39 is 35.2 Å². The van der Waals surface area contributed by atoms with Gasteiger partial charge in [-0.3, -0.25) is 9.59 Å². The molecular weight excluding hydrogens is 506 g/mol. The molecule has 2 atom stereocenters. The number of carbonyl (C=O) groups excluding carboxylic acids is 1. The lowest BCUT2D eigenvalue weighted by molar-refractivity contribution is -0.122. The van der Waals surface area contributed by atoms with Crippen molar-refractivity contribution in [3.8, 4) is 22.9 Å². The number of carboxylic acid groups (broad SMARTS) is 1. The maximum atomic E-state index is 13.8. The Hall–Kier alpha value is -4.03. The number of aromatic nitrogens is 1. The summed E-state index contributed by atoms with van der Waals surface area (Å²) in [6.45, 7) is 0. The number of hydrogen-bond acceptors (Lipinski definition) is 5. The van der Waals surface area contributed by atoms with E-state index in [0.717, 1.165) is 4.57 Å². The molecule has 0 aliphatic heterocycles. The summed E-state index contributed by atoms with van der Waals surface area (Å²) in [5.41, 5.74) is 0.760. The van der Waals surface area contributed by atoms with Crippen molar-refractivity contribution >= 4 is 23.4 Å². The first-order chi connectivity index (χ1) is 17.5. The van der Waals surface area contributed by atoms with Gasteiger partial charge in [0.25, 0.3) is 11.5 Å². The minimum Gasteiger partial charge on any atom is -0.495 e. The maximum absolute atomic E-state index is 13.8. The molecule has 1 heterocycles. The molecule has 0 bridgehead atoms. The van der Waals surface area contributed by atoms with Gasteiger partial charge in [0.05, 0.1) is 36.5 Å². The first kappa shape index (κ1) is 26.0. The average Bonchev–Trinajstić information content (AvgIpc) is 3.48. The molecule has 37 heavy (non-hydrogen) atoms. The van der Waals surface area contributed by atoms with Crippen LogP contribution in [0.25, 0.3) is 11.1 Å². The maximum Gasteiger partial charge on any atom is 0.335 e. The van der Waals surface area contributed by atoms with Crippen molar-refractivity contribution in [1.82, 2.24) is 4.57 Å². The van der Waals surface area contributed by atoms with Crippen LogP contribution in [0.3, 0.4) is 0 Å². The zero-order chi connectivity index (χ0) is 26.9. The van der Waals surface area contributed by atoms with Crippen LogP contribution in [0.2, 0.25) is 5.02 Å². The third kappa shape index (κ3) is 5.54. The van der Waals surface area contributed by atoms with Gasteiger partial charge in [0.2, 0.25) is 0 Å². The number of ether oxygens (including phenoxy) is 1. The molecule has 190 valence electrons. The molecule has 0 amide bonds. The lowest BCUT2D eigenvalue weighted by atomic mass is 9.97. The minimum atomic E-state index is -2.90. The summed E-state index contributed by atoms with van der Waals surface area (Å²) in [5.74, 6) is -5.40. The van der Waals surface area contributed by atoms with Crippen LogP contribution in [0.4, 0.5) is 8.78 Å². The van der Waals surface area contributed by atoms with Crippen molar-refractivity contribution < 1.29 is 28.2 Å². The van der Waals surface area contributed by atoms with Gasteiger partial charge in [-0.15, -0.1) is 0 Å². The summed E-state index contributed by atoms with van der Waals surface area (Å²) in [7, 11) is 1.35. The molecule has 0 saturated heterocycles. The fourth-order valence-electron chi connectivity index (χ4n) is 4.26. The second-order valence-electron chi connectivity index (χ2n) is 8.86. The third-order valence-corrected chi connectivity index (χ3v) is 6.64. The number of benzene rings is 2. The summed E-state index contributed by atoms with van der Waals surface area (Å²) in [4.78, 5) is 37.7. The number of nitrogens with zero attached hydrogens (tertiary/aromatic N) is 2. The molecule has 1 saturated carbocycles. The number of ketones is 1. The second-order valence-corrected chi connectivity index (χ2v) is 9.30. The topological polar surface area (TPSA) is 109 Å². The summed E-state index contributed by atoms with van der Waals surface area (Å²) >= 11 is 6.10. The van der Waals surface area contributed by atoms with Crippen LogP contribution in [-0.4, -0.2) is 34.5 Å². The third-order valence-electron chi connectivity index (χ3n) is 6.41. The van der Waals surface area contributed by atoms with Gasteiger partial charge in [0.1, 0.15) is 5.75 Å². The highest BCUT2D eigenvalue weighted by atomic mass is 35.5. The van der Waals surface area contributed by atoms with Crippen molar-refractivity contribution in [2.75, 3.05) is 7.11 Å². The van der Waals surface area contributed by atoms with Gasteiger partial charge in [-0.05, 0) is 42.3 Å². The molecule has 4 rings (SSSR count). The van der Waals surface area contributed by atoms with Gasteiger partial charge >= 0.3 is 5.97 Å². The van der Waals surface area contributed by atoms with Crippen LogP contribution in [-0.2, 0) is 11.2 Å². The van der Waals surface area contributed by atoms with Crippen LogP contribution < -0.4 is 10.3 Å². The second kappa shape index (κ2) is 10.1. The number of halogens is 3. The lowest BCUT2D eigenvalue weighted by Crippen LogP contribution is -2.31. The Morgan fingerprint density at radius 2 is 1.89 bits per heavy atom. The largest absolute Gasteiger partial charge is 0.495 e. The highest BCUT2D eigenvalue weighted by Crippen LogP contribution is 2.52. The molecule has 7 nitrogen and oxygen atoms in total. The van der Waals surface area contributed by atoms with Crippen molar-refractivity contribution in [3.05, 3.63) is 86.8 Å². The van der Waals surface area contributed by atoms with Gasteiger partial charge in [0.15, 0.2) is 5.78 Å². The van der Waals surface area contributed by atoms with Gasteiger partial charge in [-0.1, -0.05) is 23.7 Å². The SMILES string of the molecule is COc1cn(C(CC2CC2(F)F)C(=O)Cc2ccc(C(=O)O)cc2)c(=O)cc1-c1cc(Cl)ccc1C#N. The Morgan fingerprint density at radius 3 is 2.46 bits per heavy atom. The predicted octanol–water partition coefficient (Wildman–Crippen LogP) is 5.15. The number of methoxy groups -OCH3 is 1. The number of hydrogen-bond donors (Lipinski definition) is 1. The smallest absolute Gasteiger partial charge is 0.335 e. The lowest BCUT2D eigenvalue weighted by Gasteiger charge is -2.21. The molecule has 1 N–H and O–H groups in total. The van der Waals surface area contributed by atoms with E-state index in [1.54, 1.807) is 0 Å². The van der Waals surface area contributed by atoms with Crippen LogP contribution in [0.5, 0.6) is 5.75 Å². The Bertz CT molecular complexity index is 1480. The van der Waals surface area contributed by atoms with Gasteiger partial charge in [-0.2, -0.15) is 5.26 Å². The van der Waals surface area contributed by atoms with Crippen molar-refractivity contribution in [2.45, 2.75) is 31.2 Å². The first-order valence-electron chi connectivity index (χ1n) is 11.3. The average molecular weight is 527 g/mol. The van der Waals surface area contributed by atoms with E-state index in [0.29, 0.717) is 16.1 Å². The minimum absolute atomic E-state index is 0.0414. The molecule has 2 aromatic carbocycles. The Morgan fingerprint density at radius 1 is 1.22 bits per heavy atom. The Balaban J connectivity index is 1.74. The van der Waals surface area contributed by atoms with Crippen LogP contribution in [0.15, 0.2) is 59.5 Å². The van der Waals surface area contributed by atoms with Crippen molar-refractivity contribution in [2.24, 2.45) is 5.92 Å². The van der Waals surface area contributed by atoms with Gasteiger partial charge in [0, 0.05) is 41.0 Å². The van der Waals surface area contributed by atoms with Crippen molar-refractivity contribution in [3.63, 3.8) is 0 Å². The molecule has 1 aliphatic rings. The molecule has 0 radical (unpaired) electrons. The highest BCUT2D eigenvalue weighted by Gasteiger charge is 2.57. The van der Waals surface area contributed by atoms with Crippen LogP contribution in [0.1, 0.15) is 40.4 Å². The van der Waals surface area contributed by atoms with E-state index in [4.69, 9.17) is 21.4 Å². The van der Waals surface area contributed by atoms with E-state index in [-0.39, 0.29) is 41.7 Å². The number of alkyl halides is 2. The summed E-state index contributed by atoms with van der Waals surface area (Å²) in [6, 6.07) is 12.2. The summed E-state index contributed by atoms with van der Waals surface area (Å²) in [5, 5.41) is 18.9. The molecule has 3 aromatic rings. The van der Waals surface area contributed by atoms with E-state index in [9.17, 15) is 28.4 Å². The molecule has 1 aliphatic carbocycles. The quantitative estimate of drug-likeness (QED) is 0.413. The molecule has 1 aromatic heterocycles. The first-order valence-corrected chi connectivity index (χ1v) is 11.6. The van der Waals surface area contributed by atoms with E-state index >= 15 is 0 Å². The van der Waals surface area contributed by atoms with Gasteiger partial charge < -0.3 is 14.4 Å². The van der Waals surface area contributed by atoms with E-state index in [1.807, 2.05) is 6.07 Å². The number of carboxylic acids is 1. The summed E-state index contributed by atoms with van der Waals surface area (Å²) < 4.78 is 34.2. The fraction of sp³-hybridized carbons (Fsp3) is 0.259. The molecule has 10 heteroatoms. The Kier molecular flexibility index (Phi) is 7.14. The van der Waals surface area contributed by atoms with Crippen LogP contribution in [0, 0.1) is 17.2 Å².